The number of nitrogens with zero attached hydrogens (tertiary/aromatic N) is 4. The molecule has 30 heavy (non-hydrogen) atoms. The third-order valence-corrected chi connectivity index (χ3v) is 5.47. The number of aryl methyl sites for hydroxylation is 1. The van der Waals surface area contributed by atoms with Crippen LogP contribution in [0, 0.1) is 0 Å². The van der Waals surface area contributed by atoms with Gasteiger partial charge in [0, 0.05) is 32.7 Å². The molecular weight excluding hydrogens is 386 g/mol. The summed E-state index contributed by atoms with van der Waals surface area (Å²) >= 11 is 0. The zero-order chi connectivity index (χ0) is 21.9. The van der Waals surface area contributed by atoms with Gasteiger partial charge < -0.3 is 19.7 Å². The molecule has 3 rings (SSSR count). The second-order valence-electron chi connectivity index (χ2n) is 7.82. The second-order valence-corrected chi connectivity index (χ2v) is 7.82. The van der Waals surface area contributed by atoms with Crippen LogP contribution in [-0.2, 0) is 20.6 Å². The second kappa shape index (κ2) is 8.85. The van der Waals surface area contributed by atoms with Crippen LogP contribution in [0.25, 0.3) is 11.2 Å². The third kappa shape index (κ3) is 4.47. The normalized spacial score (nSPS) is 14.6. The van der Waals surface area contributed by atoms with Crippen LogP contribution in [0.1, 0.15) is 20.3 Å². The summed E-state index contributed by atoms with van der Waals surface area (Å²) in [5.41, 5.74) is -0.441. The lowest BCUT2D eigenvalue weighted by Crippen LogP contribution is -2.49. The van der Waals surface area contributed by atoms with Gasteiger partial charge in [0.05, 0.1) is 6.33 Å². The van der Waals surface area contributed by atoms with Gasteiger partial charge in [0.2, 0.25) is 0 Å². The molecule has 2 N–H and O–H groups in total. The molecule has 0 fully saturated rings. The number of nitrogens with one attached hydrogen (secondary N) is 1. The minimum absolute atomic E-state index is 0.174. The smallest absolute Gasteiger partial charge is 0.332 e. The Morgan fingerprint density at radius 3 is 2.57 bits per heavy atom. The van der Waals surface area contributed by atoms with E-state index in [0.717, 1.165) is 11.0 Å². The van der Waals surface area contributed by atoms with E-state index in [-0.39, 0.29) is 12.2 Å². The largest absolute Gasteiger partial charge is 0.491 e. The predicted octanol–water partition coefficient (Wildman–Crippen LogP) is 0.632. The summed E-state index contributed by atoms with van der Waals surface area (Å²) in [7, 11) is 3.06. The standard InChI is InChI=1S/C21H29N5O4/c1-5-21(2,23-11-15(27)12-30-16-9-7-6-8-10-16)13-26-14-22-18-17(26)19(28)25(4)20(29)24(18)3/h6-10,14-15,23,27H,5,11-13H2,1-4H3. The molecular formula is C21H29N5O4. The highest BCUT2D eigenvalue weighted by Crippen LogP contribution is 2.16. The van der Waals surface area contributed by atoms with E-state index in [9.17, 15) is 14.7 Å². The SMILES string of the molecule is CCC(C)(Cn1cnc2c1c(=O)n(C)c(=O)n2C)NCC(O)COc1ccccc1. The van der Waals surface area contributed by atoms with E-state index in [2.05, 4.69) is 10.3 Å². The third-order valence-electron chi connectivity index (χ3n) is 5.47. The lowest BCUT2D eigenvalue weighted by Gasteiger charge is -2.31. The van der Waals surface area contributed by atoms with Crippen molar-refractivity contribution in [1.82, 2.24) is 24.0 Å². The van der Waals surface area contributed by atoms with Gasteiger partial charge in [-0.1, -0.05) is 25.1 Å². The number of rotatable bonds is 9. The molecule has 0 saturated carbocycles. The maximum Gasteiger partial charge on any atom is 0.332 e. The highest BCUT2D eigenvalue weighted by molar-refractivity contribution is 5.69. The van der Waals surface area contributed by atoms with Crippen LogP contribution in [0.2, 0.25) is 0 Å². The molecule has 3 aromatic rings. The average molecular weight is 415 g/mol. The van der Waals surface area contributed by atoms with E-state index in [1.165, 1.54) is 11.6 Å². The molecule has 0 aliphatic rings. The zero-order valence-corrected chi connectivity index (χ0v) is 17.8. The fourth-order valence-electron chi connectivity index (χ4n) is 3.32. The van der Waals surface area contributed by atoms with Crippen molar-refractivity contribution < 1.29 is 9.84 Å². The van der Waals surface area contributed by atoms with Crippen molar-refractivity contribution in [2.45, 2.75) is 38.5 Å². The Labute approximate surface area is 174 Å². The van der Waals surface area contributed by atoms with Gasteiger partial charge in [-0.25, -0.2) is 9.78 Å². The monoisotopic (exact) mass is 415 g/mol. The first kappa shape index (κ1) is 21.8. The Kier molecular flexibility index (Phi) is 6.42. The molecule has 9 nitrogen and oxygen atoms in total. The van der Waals surface area contributed by atoms with E-state index >= 15 is 0 Å². The number of para-hydroxylation sites is 1. The van der Waals surface area contributed by atoms with Gasteiger partial charge in [-0.3, -0.25) is 13.9 Å². The number of benzene rings is 1. The van der Waals surface area contributed by atoms with Gasteiger partial charge in [-0.05, 0) is 25.5 Å². The van der Waals surface area contributed by atoms with Gasteiger partial charge in [-0.15, -0.1) is 0 Å². The molecule has 0 amide bonds. The van der Waals surface area contributed by atoms with Crippen LogP contribution in [0.3, 0.4) is 0 Å². The molecule has 0 bridgehead atoms. The van der Waals surface area contributed by atoms with E-state index in [1.807, 2.05) is 44.2 Å². The van der Waals surface area contributed by atoms with Crippen molar-refractivity contribution in [3.63, 3.8) is 0 Å². The fraction of sp³-hybridized carbons (Fsp3) is 0.476. The minimum atomic E-state index is -0.690. The topological polar surface area (TPSA) is 103 Å². The minimum Gasteiger partial charge on any atom is -0.491 e. The van der Waals surface area contributed by atoms with Crippen molar-refractivity contribution in [3.05, 3.63) is 57.5 Å². The van der Waals surface area contributed by atoms with Crippen molar-refractivity contribution in [1.29, 1.82) is 0 Å². The maximum atomic E-state index is 12.7. The van der Waals surface area contributed by atoms with Gasteiger partial charge >= 0.3 is 5.69 Å². The summed E-state index contributed by atoms with van der Waals surface area (Å²) in [6.45, 7) is 5.02. The number of imidazole rings is 1. The molecule has 2 atom stereocenters. The molecule has 2 aromatic heterocycles. The highest BCUT2D eigenvalue weighted by atomic mass is 16.5. The summed E-state index contributed by atoms with van der Waals surface area (Å²) < 4.78 is 9.82. The summed E-state index contributed by atoms with van der Waals surface area (Å²) in [5.74, 6) is 0.709. The molecule has 1 aromatic carbocycles. The molecule has 0 spiro atoms. The van der Waals surface area contributed by atoms with Crippen molar-refractivity contribution in [2.75, 3.05) is 13.2 Å². The van der Waals surface area contributed by atoms with E-state index in [0.29, 0.717) is 30.0 Å². The number of hydrogen-bond acceptors (Lipinski definition) is 6. The molecule has 162 valence electrons. The zero-order valence-electron chi connectivity index (χ0n) is 17.8. The first-order valence-corrected chi connectivity index (χ1v) is 9.97. The average Bonchev–Trinajstić information content (AvgIpc) is 3.17. The van der Waals surface area contributed by atoms with Gasteiger partial charge in [0.1, 0.15) is 18.5 Å². The van der Waals surface area contributed by atoms with E-state index < -0.39 is 17.3 Å². The molecule has 2 unspecified atom stereocenters. The number of aliphatic hydroxyl groups is 1. The Hall–Kier alpha value is -2.91. The Bertz CT molecular complexity index is 1120. The lowest BCUT2D eigenvalue weighted by molar-refractivity contribution is 0.0953. The summed E-state index contributed by atoms with van der Waals surface area (Å²) in [6.07, 6.45) is 1.64. The Morgan fingerprint density at radius 2 is 1.90 bits per heavy atom. The van der Waals surface area contributed by atoms with Crippen molar-refractivity contribution in [2.24, 2.45) is 14.1 Å². The Morgan fingerprint density at radius 1 is 1.20 bits per heavy atom. The van der Waals surface area contributed by atoms with Crippen LogP contribution in [0.15, 0.2) is 46.2 Å². The molecule has 0 aliphatic carbocycles. The van der Waals surface area contributed by atoms with Crippen molar-refractivity contribution >= 4 is 11.2 Å². The quantitative estimate of drug-likeness (QED) is 0.531. The first-order valence-electron chi connectivity index (χ1n) is 9.97. The molecule has 0 saturated heterocycles. The number of ether oxygens (including phenoxy) is 1. The fourth-order valence-corrected chi connectivity index (χ4v) is 3.32. The molecule has 9 heteroatoms. The Balaban J connectivity index is 1.71. The van der Waals surface area contributed by atoms with Crippen LogP contribution in [0.5, 0.6) is 5.75 Å². The number of aromatic nitrogens is 4. The number of hydrogen-bond donors (Lipinski definition) is 2. The van der Waals surface area contributed by atoms with E-state index in [1.54, 1.807) is 17.9 Å². The molecule has 0 radical (unpaired) electrons. The lowest BCUT2D eigenvalue weighted by atomic mass is 9.98. The predicted molar refractivity (Wildman–Crippen MR) is 115 cm³/mol. The summed E-state index contributed by atoms with van der Waals surface area (Å²) in [4.78, 5) is 29.0. The number of aliphatic hydroxyl groups excluding tert-OH is 1. The highest BCUT2D eigenvalue weighted by Gasteiger charge is 2.25. The number of fused-ring (bicyclic) bond motifs is 1. The molecule has 0 aliphatic heterocycles. The number of β-amino-alcohol motifs (C(OH)–C–C–N with tert-alkyl or cyclic N) is 1. The van der Waals surface area contributed by atoms with Crippen LogP contribution >= 0.6 is 0 Å². The van der Waals surface area contributed by atoms with Crippen LogP contribution < -0.4 is 21.3 Å². The van der Waals surface area contributed by atoms with Crippen LogP contribution in [-0.4, -0.2) is 48.6 Å². The van der Waals surface area contributed by atoms with Gasteiger partial charge in [0.15, 0.2) is 11.2 Å². The van der Waals surface area contributed by atoms with Gasteiger partial charge in [-0.2, -0.15) is 0 Å². The van der Waals surface area contributed by atoms with Gasteiger partial charge in [0.25, 0.3) is 5.56 Å². The molecule has 2 heterocycles. The van der Waals surface area contributed by atoms with Crippen molar-refractivity contribution in [3.8, 4) is 5.75 Å². The van der Waals surface area contributed by atoms with E-state index in [4.69, 9.17) is 4.74 Å². The summed E-state index contributed by atoms with van der Waals surface area (Å²) in [6, 6.07) is 9.35. The maximum absolute atomic E-state index is 12.7. The summed E-state index contributed by atoms with van der Waals surface area (Å²) in [5, 5.41) is 13.7. The van der Waals surface area contributed by atoms with Crippen LogP contribution in [0.4, 0.5) is 0 Å². The first-order chi connectivity index (χ1) is 14.3.